The average molecular weight is 360 g/mol. The van der Waals surface area contributed by atoms with Gasteiger partial charge in [-0.3, -0.25) is 4.79 Å². The summed E-state index contributed by atoms with van der Waals surface area (Å²) in [5.41, 5.74) is 0.984. The Labute approximate surface area is 150 Å². The van der Waals surface area contributed by atoms with Crippen molar-refractivity contribution < 1.29 is 4.79 Å². The van der Waals surface area contributed by atoms with Crippen LogP contribution in [0.2, 0.25) is 5.02 Å². The molecular formula is C18H18ClN3OS. The van der Waals surface area contributed by atoms with Crippen LogP contribution >= 0.6 is 22.9 Å². The number of hydrogen-bond donors (Lipinski definition) is 1. The molecule has 0 spiro atoms. The van der Waals surface area contributed by atoms with Crippen LogP contribution in [-0.4, -0.2) is 16.4 Å². The van der Waals surface area contributed by atoms with Crippen LogP contribution in [-0.2, 0) is 11.2 Å². The van der Waals surface area contributed by atoms with Crippen LogP contribution < -0.4 is 5.32 Å². The lowest BCUT2D eigenvalue weighted by atomic mass is 9.97. The number of rotatable bonds is 5. The number of nitrogens with zero attached hydrogens (tertiary/aromatic N) is 2. The van der Waals surface area contributed by atoms with Crippen LogP contribution in [0.15, 0.2) is 24.3 Å². The quantitative estimate of drug-likeness (QED) is 0.873. The highest BCUT2D eigenvalue weighted by atomic mass is 35.5. The van der Waals surface area contributed by atoms with Crippen molar-refractivity contribution in [3.63, 3.8) is 0 Å². The number of carbonyl (C=O) groups excluding carboxylic acids is 1. The Morgan fingerprint density at radius 2 is 2.12 bits per heavy atom. The molecule has 2 aromatic rings. The molecule has 1 aliphatic rings. The Bertz CT molecular complexity index is 805. The van der Waals surface area contributed by atoms with Gasteiger partial charge in [0.25, 0.3) is 0 Å². The van der Waals surface area contributed by atoms with Crippen molar-refractivity contribution in [3.05, 3.63) is 39.9 Å². The fourth-order valence-electron chi connectivity index (χ4n) is 2.68. The van der Waals surface area contributed by atoms with Crippen LogP contribution in [0.5, 0.6) is 0 Å². The summed E-state index contributed by atoms with van der Waals surface area (Å²) in [7, 11) is 0. The van der Waals surface area contributed by atoms with Gasteiger partial charge in [-0.25, -0.2) is 4.98 Å². The molecule has 1 fully saturated rings. The van der Waals surface area contributed by atoms with Gasteiger partial charge in [0, 0.05) is 15.5 Å². The molecule has 1 aliphatic carbocycles. The maximum absolute atomic E-state index is 12.3. The Morgan fingerprint density at radius 3 is 2.71 bits per heavy atom. The number of aromatic nitrogens is 1. The van der Waals surface area contributed by atoms with E-state index < -0.39 is 5.54 Å². The fraction of sp³-hybridized carbons (Fsp3) is 0.389. The topological polar surface area (TPSA) is 65.8 Å². The van der Waals surface area contributed by atoms with E-state index in [1.54, 1.807) is 18.3 Å². The molecule has 0 aliphatic heterocycles. The molecule has 6 heteroatoms. The molecule has 1 aromatic heterocycles. The van der Waals surface area contributed by atoms with Crippen molar-refractivity contribution >= 4 is 28.8 Å². The zero-order valence-corrected chi connectivity index (χ0v) is 15.2. The SMILES string of the molecule is Cc1sc(-c2ccc(Cl)cc2)nc1CC(=O)NC(C)(C#N)C1CC1. The second-order valence-electron chi connectivity index (χ2n) is 6.34. The third kappa shape index (κ3) is 3.61. The maximum atomic E-state index is 12.3. The zero-order valence-electron chi connectivity index (χ0n) is 13.6. The Morgan fingerprint density at radius 1 is 1.46 bits per heavy atom. The lowest BCUT2D eigenvalue weighted by Gasteiger charge is -2.22. The monoisotopic (exact) mass is 359 g/mol. The number of benzene rings is 1. The third-order valence-electron chi connectivity index (χ3n) is 4.34. The van der Waals surface area contributed by atoms with Gasteiger partial charge in [-0.1, -0.05) is 23.7 Å². The normalized spacial score (nSPS) is 16.2. The lowest BCUT2D eigenvalue weighted by Crippen LogP contribution is -2.47. The number of hydrogen-bond acceptors (Lipinski definition) is 4. The molecule has 1 amide bonds. The van der Waals surface area contributed by atoms with E-state index in [-0.39, 0.29) is 18.2 Å². The molecule has 1 heterocycles. The van der Waals surface area contributed by atoms with Crippen molar-refractivity contribution in [2.75, 3.05) is 0 Å². The predicted octanol–water partition coefficient (Wildman–Crippen LogP) is 4.12. The van der Waals surface area contributed by atoms with E-state index in [1.165, 1.54) is 0 Å². The van der Waals surface area contributed by atoms with E-state index in [4.69, 9.17) is 11.6 Å². The van der Waals surface area contributed by atoms with E-state index in [2.05, 4.69) is 16.4 Å². The summed E-state index contributed by atoms with van der Waals surface area (Å²) in [6.07, 6.45) is 2.20. The minimum atomic E-state index is -0.764. The van der Waals surface area contributed by atoms with Gasteiger partial charge < -0.3 is 5.32 Å². The smallest absolute Gasteiger partial charge is 0.227 e. The van der Waals surface area contributed by atoms with Crippen molar-refractivity contribution in [1.82, 2.24) is 10.3 Å². The van der Waals surface area contributed by atoms with Crippen LogP contribution in [0, 0.1) is 24.2 Å². The molecule has 0 bridgehead atoms. The van der Waals surface area contributed by atoms with Crippen molar-refractivity contribution in [3.8, 4) is 16.6 Å². The van der Waals surface area contributed by atoms with Gasteiger partial charge in [0.15, 0.2) is 0 Å². The molecule has 1 N–H and O–H groups in total. The lowest BCUT2D eigenvalue weighted by molar-refractivity contribution is -0.121. The number of amides is 1. The number of nitriles is 1. The predicted molar refractivity (Wildman–Crippen MR) is 95.9 cm³/mol. The molecule has 24 heavy (non-hydrogen) atoms. The van der Waals surface area contributed by atoms with E-state index in [1.807, 2.05) is 31.2 Å². The molecule has 0 radical (unpaired) electrons. The summed E-state index contributed by atoms with van der Waals surface area (Å²) in [4.78, 5) is 18.0. The summed E-state index contributed by atoms with van der Waals surface area (Å²) in [5.74, 6) is 0.120. The van der Waals surface area contributed by atoms with Crippen molar-refractivity contribution in [2.45, 2.75) is 38.6 Å². The third-order valence-corrected chi connectivity index (χ3v) is 5.65. The zero-order chi connectivity index (χ0) is 17.3. The van der Waals surface area contributed by atoms with Crippen LogP contribution in [0.4, 0.5) is 0 Å². The molecule has 1 atom stereocenters. The Balaban J connectivity index is 1.72. The van der Waals surface area contributed by atoms with Gasteiger partial charge in [0.05, 0.1) is 18.2 Å². The summed E-state index contributed by atoms with van der Waals surface area (Å²) in [6, 6.07) is 9.74. The van der Waals surface area contributed by atoms with Gasteiger partial charge in [-0.15, -0.1) is 11.3 Å². The van der Waals surface area contributed by atoms with Gasteiger partial charge in [0.1, 0.15) is 10.5 Å². The Kier molecular flexibility index (Phi) is 4.62. The van der Waals surface area contributed by atoms with Crippen molar-refractivity contribution in [2.24, 2.45) is 5.92 Å². The molecule has 0 saturated heterocycles. The Hall–Kier alpha value is -1.90. The number of aryl methyl sites for hydroxylation is 1. The minimum absolute atomic E-state index is 0.151. The first-order chi connectivity index (χ1) is 11.4. The van der Waals surface area contributed by atoms with Crippen molar-refractivity contribution in [1.29, 1.82) is 5.26 Å². The molecular weight excluding hydrogens is 342 g/mol. The van der Waals surface area contributed by atoms with Crippen LogP contribution in [0.3, 0.4) is 0 Å². The average Bonchev–Trinajstić information content (AvgIpc) is 3.34. The highest BCUT2D eigenvalue weighted by Crippen LogP contribution is 2.39. The van der Waals surface area contributed by atoms with Gasteiger partial charge in [0.2, 0.25) is 5.91 Å². The van der Waals surface area contributed by atoms with E-state index in [9.17, 15) is 10.1 Å². The summed E-state index contributed by atoms with van der Waals surface area (Å²) >= 11 is 7.47. The van der Waals surface area contributed by atoms with E-state index >= 15 is 0 Å². The summed E-state index contributed by atoms with van der Waals surface area (Å²) in [6.45, 7) is 3.76. The first kappa shape index (κ1) is 16.9. The summed E-state index contributed by atoms with van der Waals surface area (Å²) < 4.78 is 0. The number of halogens is 1. The maximum Gasteiger partial charge on any atom is 0.227 e. The summed E-state index contributed by atoms with van der Waals surface area (Å²) in [5, 5.41) is 13.8. The molecule has 4 nitrogen and oxygen atoms in total. The first-order valence-electron chi connectivity index (χ1n) is 7.86. The highest BCUT2D eigenvalue weighted by molar-refractivity contribution is 7.15. The molecule has 1 aromatic carbocycles. The van der Waals surface area contributed by atoms with Gasteiger partial charge >= 0.3 is 0 Å². The molecule has 1 unspecified atom stereocenters. The van der Waals surface area contributed by atoms with Gasteiger partial charge in [-0.05, 0) is 44.7 Å². The van der Waals surface area contributed by atoms with E-state index in [0.717, 1.165) is 34.0 Å². The van der Waals surface area contributed by atoms with Crippen LogP contribution in [0.25, 0.3) is 10.6 Å². The first-order valence-corrected chi connectivity index (χ1v) is 9.05. The van der Waals surface area contributed by atoms with Gasteiger partial charge in [-0.2, -0.15) is 5.26 Å². The molecule has 124 valence electrons. The second-order valence-corrected chi connectivity index (χ2v) is 7.98. The number of carbonyl (C=O) groups is 1. The second kappa shape index (κ2) is 6.54. The van der Waals surface area contributed by atoms with Crippen LogP contribution in [0.1, 0.15) is 30.3 Å². The largest absolute Gasteiger partial charge is 0.337 e. The standard InChI is InChI=1S/C18H18ClN3OS/c1-11-15(9-16(23)22-18(2,10-20)13-5-6-13)21-17(24-11)12-3-7-14(19)8-4-12/h3-4,7-8,13H,5-6,9H2,1-2H3,(H,22,23). The molecule has 1 saturated carbocycles. The number of thiazole rings is 1. The molecule has 3 rings (SSSR count). The van der Waals surface area contributed by atoms with E-state index in [0.29, 0.717) is 5.02 Å². The highest BCUT2D eigenvalue weighted by Gasteiger charge is 2.43. The minimum Gasteiger partial charge on any atom is -0.337 e. The fourth-order valence-corrected chi connectivity index (χ4v) is 3.74. The number of nitrogens with one attached hydrogen (secondary N) is 1.